The number of nitrogens with zero attached hydrogens (tertiary/aromatic N) is 2. The minimum Gasteiger partial charge on any atom is -0.465 e. The summed E-state index contributed by atoms with van der Waals surface area (Å²) in [6.45, 7) is 1.77. The molecule has 1 aromatic carbocycles. The second kappa shape index (κ2) is 5.60. The fourth-order valence-electron chi connectivity index (χ4n) is 1.89. The lowest BCUT2D eigenvalue weighted by Crippen LogP contribution is -2.26. The Bertz CT molecular complexity index is 592. The number of nitrogens with one attached hydrogen (secondary N) is 1. The number of imidazole rings is 1. The van der Waals surface area contributed by atoms with E-state index < -0.39 is 6.09 Å². The molecular formula is C13H14IN3O2. The SMILES string of the molecule is CC(NC(=O)O)c1nc(-c2ccc(I)cc2)cn1C. The number of hydrogen-bond donors (Lipinski definition) is 2. The van der Waals surface area contributed by atoms with Gasteiger partial charge in [-0.25, -0.2) is 9.78 Å². The van der Waals surface area contributed by atoms with E-state index in [0.717, 1.165) is 11.3 Å². The van der Waals surface area contributed by atoms with Gasteiger partial charge in [0.05, 0.1) is 11.7 Å². The van der Waals surface area contributed by atoms with Crippen molar-refractivity contribution in [2.75, 3.05) is 0 Å². The average Bonchev–Trinajstić information content (AvgIpc) is 2.71. The minimum atomic E-state index is -1.05. The Morgan fingerprint density at radius 1 is 1.42 bits per heavy atom. The lowest BCUT2D eigenvalue weighted by molar-refractivity contribution is 0.190. The summed E-state index contributed by atoms with van der Waals surface area (Å²) in [5.41, 5.74) is 1.86. The molecule has 0 aliphatic rings. The maximum absolute atomic E-state index is 10.7. The first kappa shape index (κ1) is 13.9. The molecule has 6 heteroatoms. The van der Waals surface area contributed by atoms with Gasteiger partial charge in [-0.3, -0.25) is 0 Å². The Hall–Kier alpha value is -1.57. The molecule has 100 valence electrons. The molecule has 0 aliphatic heterocycles. The predicted molar refractivity (Wildman–Crippen MR) is 80.9 cm³/mol. The highest BCUT2D eigenvalue weighted by atomic mass is 127. The number of carbonyl (C=O) groups is 1. The van der Waals surface area contributed by atoms with Crippen molar-refractivity contribution in [3.8, 4) is 11.3 Å². The molecule has 0 saturated heterocycles. The largest absolute Gasteiger partial charge is 0.465 e. The zero-order valence-electron chi connectivity index (χ0n) is 10.6. The van der Waals surface area contributed by atoms with Gasteiger partial charge in [-0.1, -0.05) is 12.1 Å². The van der Waals surface area contributed by atoms with E-state index in [1.54, 1.807) is 6.92 Å². The molecule has 0 spiro atoms. The van der Waals surface area contributed by atoms with Crippen LogP contribution in [0.4, 0.5) is 4.79 Å². The average molecular weight is 371 g/mol. The van der Waals surface area contributed by atoms with Gasteiger partial charge in [-0.2, -0.15) is 0 Å². The van der Waals surface area contributed by atoms with E-state index in [0.29, 0.717) is 5.82 Å². The van der Waals surface area contributed by atoms with Gasteiger partial charge < -0.3 is 15.0 Å². The molecule has 19 heavy (non-hydrogen) atoms. The first-order valence-corrected chi connectivity index (χ1v) is 6.84. The fraction of sp³-hybridized carbons (Fsp3) is 0.231. The molecule has 5 nitrogen and oxygen atoms in total. The lowest BCUT2D eigenvalue weighted by Gasteiger charge is -2.10. The van der Waals surface area contributed by atoms with Gasteiger partial charge in [0.15, 0.2) is 0 Å². The number of halogens is 1. The summed E-state index contributed by atoms with van der Waals surface area (Å²) in [6, 6.07) is 7.69. The Balaban J connectivity index is 2.30. The zero-order chi connectivity index (χ0) is 14.0. The third-order valence-electron chi connectivity index (χ3n) is 2.78. The van der Waals surface area contributed by atoms with Crippen molar-refractivity contribution in [2.45, 2.75) is 13.0 Å². The molecule has 2 rings (SSSR count). The minimum absolute atomic E-state index is 0.347. The predicted octanol–water partition coefficient (Wildman–Crippen LogP) is 3.02. The van der Waals surface area contributed by atoms with Crippen molar-refractivity contribution in [3.05, 3.63) is 39.9 Å². The van der Waals surface area contributed by atoms with Crippen LogP contribution in [0.1, 0.15) is 18.8 Å². The van der Waals surface area contributed by atoms with Crippen molar-refractivity contribution < 1.29 is 9.90 Å². The molecule has 1 aromatic heterocycles. The number of aryl methyl sites for hydroxylation is 1. The number of benzene rings is 1. The molecule has 1 unspecified atom stereocenters. The molecule has 1 atom stereocenters. The maximum Gasteiger partial charge on any atom is 0.405 e. The van der Waals surface area contributed by atoms with Gasteiger partial charge in [0, 0.05) is 22.4 Å². The van der Waals surface area contributed by atoms with Crippen molar-refractivity contribution in [1.82, 2.24) is 14.9 Å². The number of amides is 1. The smallest absolute Gasteiger partial charge is 0.405 e. The summed E-state index contributed by atoms with van der Waals surface area (Å²) in [4.78, 5) is 15.2. The molecule has 2 N–H and O–H groups in total. The van der Waals surface area contributed by atoms with E-state index in [1.807, 2.05) is 42.1 Å². The summed E-state index contributed by atoms with van der Waals surface area (Å²) in [7, 11) is 1.86. The van der Waals surface area contributed by atoms with Crippen molar-refractivity contribution >= 4 is 28.7 Å². The quantitative estimate of drug-likeness (QED) is 0.816. The van der Waals surface area contributed by atoms with E-state index in [-0.39, 0.29) is 6.04 Å². The molecule has 2 aromatic rings. The van der Waals surface area contributed by atoms with Crippen LogP contribution >= 0.6 is 22.6 Å². The van der Waals surface area contributed by atoms with Crippen LogP contribution in [0.15, 0.2) is 30.5 Å². The van der Waals surface area contributed by atoms with Crippen molar-refractivity contribution in [2.24, 2.45) is 7.05 Å². The molecule has 0 saturated carbocycles. The first-order valence-electron chi connectivity index (χ1n) is 5.76. The Labute approximate surface area is 124 Å². The van der Waals surface area contributed by atoms with E-state index >= 15 is 0 Å². The van der Waals surface area contributed by atoms with Crippen LogP contribution in [0.5, 0.6) is 0 Å². The number of carboxylic acid groups (broad SMARTS) is 1. The normalized spacial score (nSPS) is 12.2. The zero-order valence-corrected chi connectivity index (χ0v) is 12.7. The fourth-order valence-corrected chi connectivity index (χ4v) is 2.25. The van der Waals surface area contributed by atoms with Crippen LogP contribution in [0.2, 0.25) is 0 Å². The third-order valence-corrected chi connectivity index (χ3v) is 3.50. The van der Waals surface area contributed by atoms with Crippen molar-refractivity contribution in [1.29, 1.82) is 0 Å². The summed E-state index contributed by atoms with van der Waals surface area (Å²) >= 11 is 2.25. The van der Waals surface area contributed by atoms with Crippen LogP contribution in [-0.4, -0.2) is 20.8 Å². The highest BCUT2D eigenvalue weighted by Gasteiger charge is 2.15. The van der Waals surface area contributed by atoms with Gasteiger partial charge >= 0.3 is 6.09 Å². The van der Waals surface area contributed by atoms with Gasteiger partial charge in [-0.05, 0) is 41.6 Å². The van der Waals surface area contributed by atoms with Gasteiger partial charge in [-0.15, -0.1) is 0 Å². The highest BCUT2D eigenvalue weighted by molar-refractivity contribution is 14.1. The van der Waals surface area contributed by atoms with Gasteiger partial charge in [0.25, 0.3) is 0 Å². The van der Waals surface area contributed by atoms with Crippen molar-refractivity contribution in [3.63, 3.8) is 0 Å². The summed E-state index contributed by atoms with van der Waals surface area (Å²) in [5.74, 6) is 0.691. The van der Waals surface area contributed by atoms with Crippen LogP contribution in [0, 0.1) is 3.57 Å². The standard InChI is InChI=1S/C13H14IN3O2/c1-8(15-13(18)19)12-16-11(7-17(12)2)9-3-5-10(14)6-4-9/h3-8,15H,1-2H3,(H,18,19). The van der Waals surface area contributed by atoms with E-state index in [9.17, 15) is 4.79 Å². The summed E-state index contributed by atoms with van der Waals surface area (Å²) in [5, 5.41) is 11.1. The third kappa shape index (κ3) is 3.25. The van der Waals surface area contributed by atoms with E-state index in [4.69, 9.17) is 5.11 Å². The van der Waals surface area contributed by atoms with Gasteiger partial charge in [0.2, 0.25) is 0 Å². The van der Waals surface area contributed by atoms with Crippen LogP contribution in [0.25, 0.3) is 11.3 Å². The maximum atomic E-state index is 10.7. The van der Waals surface area contributed by atoms with E-state index in [1.165, 1.54) is 3.57 Å². The number of rotatable bonds is 3. The first-order chi connectivity index (χ1) is 8.97. The summed E-state index contributed by atoms with van der Waals surface area (Å²) in [6.07, 6.45) is 0.851. The monoisotopic (exact) mass is 371 g/mol. The second-order valence-corrected chi connectivity index (χ2v) is 5.52. The molecule has 1 heterocycles. The number of hydrogen-bond acceptors (Lipinski definition) is 2. The van der Waals surface area contributed by atoms with Gasteiger partial charge in [0.1, 0.15) is 5.82 Å². The highest BCUT2D eigenvalue weighted by Crippen LogP contribution is 2.21. The van der Waals surface area contributed by atoms with Crippen LogP contribution in [0.3, 0.4) is 0 Å². The molecule has 0 bridgehead atoms. The number of aromatic nitrogens is 2. The topological polar surface area (TPSA) is 67.2 Å². The molecule has 0 radical (unpaired) electrons. The Morgan fingerprint density at radius 3 is 2.63 bits per heavy atom. The van der Waals surface area contributed by atoms with E-state index in [2.05, 4.69) is 32.9 Å². The second-order valence-electron chi connectivity index (χ2n) is 4.27. The van der Waals surface area contributed by atoms with Crippen LogP contribution < -0.4 is 5.32 Å². The lowest BCUT2D eigenvalue weighted by atomic mass is 10.2. The molecule has 0 aliphatic carbocycles. The van der Waals surface area contributed by atoms with Crippen LogP contribution in [-0.2, 0) is 7.05 Å². The molecular weight excluding hydrogens is 357 g/mol. The Kier molecular flexibility index (Phi) is 4.08. The Morgan fingerprint density at radius 2 is 2.05 bits per heavy atom. The summed E-state index contributed by atoms with van der Waals surface area (Å²) < 4.78 is 3.01. The molecule has 1 amide bonds. The molecule has 0 fully saturated rings.